The number of aliphatic carboxylic acids is 1. The first kappa shape index (κ1) is 13.5. The molecule has 0 saturated heterocycles. The van der Waals surface area contributed by atoms with E-state index in [-0.39, 0.29) is 25.5 Å². The fourth-order valence-electron chi connectivity index (χ4n) is 0.800. The van der Waals surface area contributed by atoms with E-state index in [9.17, 15) is 9.59 Å². The lowest BCUT2D eigenvalue weighted by Gasteiger charge is -2.18. The Bertz CT molecular complexity index is 264. The summed E-state index contributed by atoms with van der Waals surface area (Å²) in [4.78, 5) is 22.6. The van der Waals surface area contributed by atoms with Crippen LogP contribution in [0.2, 0.25) is 0 Å². The normalized spacial score (nSPS) is 9.07. The summed E-state index contributed by atoms with van der Waals surface area (Å²) in [7, 11) is 0. The Morgan fingerprint density at radius 1 is 1.53 bits per heavy atom. The Hall–Kier alpha value is -1.48. The Labute approximate surface area is 92.0 Å². The van der Waals surface area contributed by atoms with Gasteiger partial charge in [0.25, 0.3) is 0 Å². The van der Waals surface area contributed by atoms with Crippen LogP contribution in [0.25, 0.3) is 0 Å². The lowest BCUT2D eigenvalue weighted by atomic mass is 10.4. The molecule has 7 heteroatoms. The van der Waals surface area contributed by atoms with Gasteiger partial charge < -0.3 is 9.84 Å². The lowest BCUT2D eigenvalue weighted by molar-refractivity contribution is -0.138. The van der Waals surface area contributed by atoms with E-state index in [2.05, 4.69) is 4.74 Å². The van der Waals surface area contributed by atoms with Crippen LogP contribution in [0.15, 0.2) is 0 Å². The van der Waals surface area contributed by atoms with Gasteiger partial charge in [0.1, 0.15) is 13.2 Å². The minimum atomic E-state index is -1.16. The number of carboxylic acids is 1. The highest BCUT2D eigenvalue weighted by Crippen LogP contribution is 1.96. The van der Waals surface area contributed by atoms with Gasteiger partial charge in [0.15, 0.2) is 0 Å². The zero-order valence-electron chi connectivity index (χ0n) is 7.98. The highest BCUT2D eigenvalue weighted by atomic mass is 35.5. The molecule has 0 fully saturated rings. The van der Waals surface area contributed by atoms with Gasteiger partial charge in [-0.2, -0.15) is 5.26 Å². The van der Waals surface area contributed by atoms with E-state index in [1.807, 2.05) is 6.07 Å². The van der Waals surface area contributed by atoms with Crippen LogP contribution in [0.4, 0.5) is 4.79 Å². The summed E-state index contributed by atoms with van der Waals surface area (Å²) in [5.74, 6) is -1.01. The molecular formula is C8H11ClN2O4. The molecule has 15 heavy (non-hydrogen) atoms. The molecule has 0 rings (SSSR count). The third-order valence-electron chi connectivity index (χ3n) is 1.38. The molecule has 84 valence electrons. The number of rotatable bonds is 6. The van der Waals surface area contributed by atoms with Crippen molar-refractivity contribution in [3.8, 4) is 6.07 Å². The summed E-state index contributed by atoms with van der Waals surface area (Å²) in [6.07, 6.45) is -0.711. The first-order valence-corrected chi connectivity index (χ1v) is 4.71. The van der Waals surface area contributed by atoms with Gasteiger partial charge in [-0.1, -0.05) is 0 Å². The second-order valence-corrected chi connectivity index (χ2v) is 2.90. The van der Waals surface area contributed by atoms with Gasteiger partial charge in [-0.05, 0) is 0 Å². The Morgan fingerprint density at radius 2 is 2.20 bits per heavy atom. The average Bonchev–Trinajstić information content (AvgIpc) is 2.20. The first-order chi connectivity index (χ1) is 7.11. The number of carboxylic acid groups (broad SMARTS) is 1. The summed E-state index contributed by atoms with van der Waals surface area (Å²) >= 11 is 5.30. The summed E-state index contributed by atoms with van der Waals surface area (Å²) in [5.41, 5.74) is 0. The van der Waals surface area contributed by atoms with E-state index in [0.717, 1.165) is 4.90 Å². The summed E-state index contributed by atoms with van der Waals surface area (Å²) in [6.45, 7) is -0.435. The van der Waals surface area contributed by atoms with Crippen molar-refractivity contribution in [1.82, 2.24) is 4.90 Å². The van der Waals surface area contributed by atoms with Crippen molar-refractivity contribution < 1.29 is 19.4 Å². The van der Waals surface area contributed by atoms with E-state index in [1.165, 1.54) is 0 Å². The van der Waals surface area contributed by atoms with Crippen LogP contribution in [0.3, 0.4) is 0 Å². The molecular weight excluding hydrogens is 224 g/mol. The van der Waals surface area contributed by atoms with Crippen molar-refractivity contribution in [3.63, 3.8) is 0 Å². The molecule has 0 saturated carbocycles. The fraction of sp³-hybridized carbons (Fsp3) is 0.625. The van der Waals surface area contributed by atoms with Gasteiger partial charge in [0.05, 0.1) is 18.4 Å². The number of nitriles is 1. The monoisotopic (exact) mass is 234 g/mol. The Morgan fingerprint density at radius 3 is 2.67 bits per heavy atom. The van der Waals surface area contributed by atoms with E-state index < -0.39 is 18.6 Å². The molecule has 0 heterocycles. The lowest BCUT2D eigenvalue weighted by Crippen LogP contribution is -2.37. The zero-order valence-corrected chi connectivity index (χ0v) is 8.74. The van der Waals surface area contributed by atoms with Crippen LogP contribution >= 0.6 is 11.6 Å². The van der Waals surface area contributed by atoms with Crippen LogP contribution in [0.1, 0.15) is 6.42 Å². The van der Waals surface area contributed by atoms with Gasteiger partial charge >= 0.3 is 12.1 Å². The Balaban J connectivity index is 4.15. The highest BCUT2D eigenvalue weighted by molar-refractivity contribution is 6.18. The Kier molecular flexibility index (Phi) is 7.10. The fourth-order valence-corrected chi connectivity index (χ4v) is 0.877. The van der Waals surface area contributed by atoms with Gasteiger partial charge in [-0.25, -0.2) is 4.79 Å². The second-order valence-electron chi connectivity index (χ2n) is 2.53. The van der Waals surface area contributed by atoms with Crippen molar-refractivity contribution in [2.24, 2.45) is 0 Å². The maximum atomic E-state index is 11.2. The molecule has 1 amide bonds. The highest BCUT2D eigenvalue weighted by Gasteiger charge is 2.17. The van der Waals surface area contributed by atoms with E-state index >= 15 is 0 Å². The minimum absolute atomic E-state index is 0.0169. The molecule has 0 unspecified atom stereocenters. The quantitative estimate of drug-likeness (QED) is 0.682. The summed E-state index contributed by atoms with van der Waals surface area (Å²) in [6, 6.07) is 1.81. The standard InChI is InChI=1S/C8H11ClN2O4/c9-2-5-15-8(14)11(4-1-3-10)6-7(12)13/h1-2,4-6H2,(H,12,13). The second kappa shape index (κ2) is 7.88. The van der Waals surface area contributed by atoms with Crippen LogP contribution < -0.4 is 0 Å². The van der Waals surface area contributed by atoms with Crippen LogP contribution in [0.5, 0.6) is 0 Å². The number of hydrogen-bond acceptors (Lipinski definition) is 4. The minimum Gasteiger partial charge on any atom is -0.480 e. The maximum Gasteiger partial charge on any atom is 0.410 e. The summed E-state index contributed by atoms with van der Waals surface area (Å²) in [5, 5.41) is 16.8. The summed E-state index contributed by atoms with van der Waals surface area (Å²) < 4.78 is 4.63. The molecule has 0 bridgehead atoms. The van der Waals surface area contributed by atoms with Crippen molar-refractivity contribution in [3.05, 3.63) is 0 Å². The zero-order chi connectivity index (χ0) is 11.7. The first-order valence-electron chi connectivity index (χ1n) is 4.18. The van der Waals surface area contributed by atoms with Gasteiger partial charge in [-0.3, -0.25) is 9.69 Å². The molecule has 6 nitrogen and oxygen atoms in total. The van der Waals surface area contributed by atoms with E-state index in [0.29, 0.717) is 0 Å². The van der Waals surface area contributed by atoms with Crippen molar-refractivity contribution in [2.75, 3.05) is 25.6 Å². The van der Waals surface area contributed by atoms with Crippen LogP contribution in [0, 0.1) is 11.3 Å². The molecule has 0 radical (unpaired) electrons. The molecule has 0 aliphatic carbocycles. The van der Waals surface area contributed by atoms with Crippen molar-refractivity contribution in [2.45, 2.75) is 6.42 Å². The third-order valence-corrected chi connectivity index (χ3v) is 1.53. The molecule has 0 spiro atoms. The predicted molar refractivity (Wildman–Crippen MR) is 51.5 cm³/mol. The molecule has 1 N–H and O–H groups in total. The van der Waals surface area contributed by atoms with E-state index in [1.54, 1.807) is 0 Å². The number of alkyl halides is 1. The van der Waals surface area contributed by atoms with Gasteiger partial charge in [0, 0.05) is 6.54 Å². The number of carbonyl (C=O) groups is 2. The third kappa shape index (κ3) is 6.57. The molecule has 0 aromatic carbocycles. The topological polar surface area (TPSA) is 90.6 Å². The number of amides is 1. The van der Waals surface area contributed by atoms with Crippen LogP contribution in [-0.4, -0.2) is 47.6 Å². The van der Waals surface area contributed by atoms with Crippen molar-refractivity contribution >= 4 is 23.7 Å². The van der Waals surface area contributed by atoms with E-state index in [4.69, 9.17) is 22.0 Å². The van der Waals surface area contributed by atoms with Gasteiger partial charge in [0.2, 0.25) is 0 Å². The number of halogens is 1. The number of nitrogens with zero attached hydrogens (tertiary/aromatic N) is 2. The SMILES string of the molecule is N#CCCN(CC(=O)O)C(=O)OCCCl. The molecule has 0 aliphatic heterocycles. The smallest absolute Gasteiger partial charge is 0.410 e. The molecule has 0 atom stereocenters. The molecule has 0 aromatic heterocycles. The van der Waals surface area contributed by atoms with Crippen molar-refractivity contribution in [1.29, 1.82) is 5.26 Å². The number of hydrogen-bond donors (Lipinski definition) is 1. The molecule has 0 aliphatic rings. The average molecular weight is 235 g/mol. The predicted octanol–water partition coefficient (Wildman–Crippen LogP) is 0.662. The van der Waals surface area contributed by atoms with Gasteiger partial charge in [-0.15, -0.1) is 11.6 Å². The molecule has 0 aromatic rings. The number of ether oxygens (including phenoxy) is 1. The van der Waals surface area contributed by atoms with Crippen LogP contribution in [-0.2, 0) is 9.53 Å². The number of carbonyl (C=O) groups excluding carboxylic acids is 1. The maximum absolute atomic E-state index is 11.2. The largest absolute Gasteiger partial charge is 0.480 e.